The van der Waals surface area contributed by atoms with Crippen LogP contribution < -0.4 is 10.0 Å². The molecule has 8 nitrogen and oxygen atoms in total. The van der Waals surface area contributed by atoms with Gasteiger partial charge >= 0.3 is 0 Å². The molecule has 2 aromatic heterocycles. The molecular weight excluding hydrogens is 487 g/mol. The van der Waals surface area contributed by atoms with E-state index in [0.29, 0.717) is 29.0 Å². The maximum atomic E-state index is 14.4. The van der Waals surface area contributed by atoms with Crippen LogP contribution in [0.2, 0.25) is 0 Å². The Hall–Kier alpha value is -2.63. The zero-order valence-corrected chi connectivity index (χ0v) is 21.4. The zero-order chi connectivity index (χ0) is 24.6. The van der Waals surface area contributed by atoms with Gasteiger partial charge in [0.15, 0.2) is 0 Å². The lowest BCUT2D eigenvalue weighted by molar-refractivity contribution is 0.255. The van der Waals surface area contributed by atoms with Gasteiger partial charge in [0.05, 0.1) is 33.2 Å². The highest BCUT2D eigenvalue weighted by Gasteiger charge is 2.26. The Morgan fingerprint density at radius 1 is 1.14 bits per heavy atom. The van der Waals surface area contributed by atoms with Crippen LogP contribution in [-0.2, 0) is 10.0 Å². The van der Waals surface area contributed by atoms with Gasteiger partial charge in [-0.2, -0.15) is 0 Å². The molecule has 0 amide bonds. The fraction of sp³-hybridized carbons (Fsp3) is 0.458. The second kappa shape index (κ2) is 9.79. The van der Waals surface area contributed by atoms with Gasteiger partial charge in [0.1, 0.15) is 5.82 Å². The second-order valence-corrected chi connectivity index (χ2v) is 12.2. The lowest BCUT2D eigenvalue weighted by Crippen LogP contribution is -2.29. The van der Waals surface area contributed by atoms with Gasteiger partial charge in [0, 0.05) is 24.2 Å². The summed E-state index contributed by atoms with van der Waals surface area (Å²) < 4.78 is 40.2. The van der Waals surface area contributed by atoms with Crippen molar-refractivity contribution in [2.45, 2.75) is 31.6 Å². The van der Waals surface area contributed by atoms with Crippen molar-refractivity contribution in [3.63, 3.8) is 0 Å². The van der Waals surface area contributed by atoms with Crippen molar-refractivity contribution in [1.82, 2.24) is 19.9 Å². The number of sulfonamides is 1. The molecule has 2 N–H and O–H groups in total. The van der Waals surface area contributed by atoms with E-state index in [9.17, 15) is 12.8 Å². The summed E-state index contributed by atoms with van der Waals surface area (Å²) in [4.78, 5) is 17.3. The number of piperidine rings is 1. The number of rotatable bonds is 8. The quantitative estimate of drug-likeness (QED) is 0.457. The maximum absolute atomic E-state index is 14.4. The molecule has 11 heteroatoms. The Bertz CT molecular complexity index is 1320. The fourth-order valence-electron chi connectivity index (χ4n) is 4.21. The number of likely N-dealkylation sites (tertiary alicyclic amines) is 1. The third kappa shape index (κ3) is 5.96. The summed E-state index contributed by atoms with van der Waals surface area (Å²) >= 11 is 1.60. The summed E-state index contributed by atoms with van der Waals surface area (Å²) in [5.41, 5.74) is 1.95. The van der Waals surface area contributed by atoms with Gasteiger partial charge in [0.25, 0.3) is 0 Å². The molecule has 0 radical (unpaired) electrons. The summed E-state index contributed by atoms with van der Waals surface area (Å²) in [5.74, 6) is 0.970. The standard InChI is InChI=1S/C24H29FN6O2S2/c1-31-11-8-16(9-12-31)23-29-21(17-5-6-18(25)20(13-17)30-35(2,32)33)22(34-23)19-7-10-26-24(28-19)27-14-15-3-4-15/h5-7,10,13,15-16,30H,3-4,8-9,11-12,14H2,1-2H3,(H,26,27,28). The summed E-state index contributed by atoms with van der Waals surface area (Å²) in [6.07, 6.45) is 7.25. The van der Waals surface area contributed by atoms with E-state index in [4.69, 9.17) is 9.97 Å². The van der Waals surface area contributed by atoms with Crippen molar-refractivity contribution in [3.05, 3.63) is 41.3 Å². The zero-order valence-electron chi connectivity index (χ0n) is 19.8. The Morgan fingerprint density at radius 3 is 2.63 bits per heavy atom. The first kappa shape index (κ1) is 24.1. The molecule has 2 aliphatic rings. The molecule has 0 atom stereocenters. The third-order valence-electron chi connectivity index (χ3n) is 6.38. The molecule has 2 fully saturated rings. The van der Waals surface area contributed by atoms with E-state index in [1.165, 1.54) is 25.0 Å². The molecule has 1 saturated heterocycles. The molecule has 35 heavy (non-hydrogen) atoms. The van der Waals surface area contributed by atoms with Gasteiger partial charge in [-0.15, -0.1) is 11.3 Å². The van der Waals surface area contributed by atoms with E-state index >= 15 is 0 Å². The molecule has 0 bridgehead atoms. The van der Waals surface area contributed by atoms with Crippen LogP contribution in [0.25, 0.3) is 21.8 Å². The maximum Gasteiger partial charge on any atom is 0.229 e. The van der Waals surface area contributed by atoms with E-state index in [1.807, 2.05) is 6.07 Å². The molecule has 1 aliphatic heterocycles. The minimum Gasteiger partial charge on any atom is -0.354 e. The number of hydrogen-bond donors (Lipinski definition) is 2. The van der Waals surface area contributed by atoms with Crippen LogP contribution in [0.4, 0.5) is 16.0 Å². The van der Waals surface area contributed by atoms with Gasteiger partial charge in [0.2, 0.25) is 16.0 Å². The molecule has 0 unspecified atom stereocenters. The van der Waals surface area contributed by atoms with Crippen molar-refractivity contribution in [2.75, 3.05) is 43.0 Å². The molecule has 3 aromatic rings. The van der Waals surface area contributed by atoms with Crippen molar-refractivity contribution in [2.24, 2.45) is 5.92 Å². The largest absolute Gasteiger partial charge is 0.354 e. The third-order valence-corrected chi connectivity index (χ3v) is 8.21. The van der Waals surface area contributed by atoms with Crippen LogP contribution in [0, 0.1) is 11.7 Å². The number of thiazole rings is 1. The smallest absolute Gasteiger partial charge is 0.229 e. The average Bonchev–Trinajstić information content (AvgIpc) is 3.55. The van der Waals surface area contributed by atoms with Crippen LogP contribution in [0.3, 0.4) is 0 Å². The first-order chi connectivity index (χ1) is 16.7. The first-order valence-electron chi connectivity index (χ1n) is 11.8. The van der Waals surface area contributed by atoms with E-state index < -0.39 is 15.8 Å². The SMILES string of the molecule is CN1CCC(c2nc(-c3ccc(F)c(NS(C)(=O)=O)c3)c(-c3ccnc(NCC4CC4)n3)s2)CC1. The highest BCUT2D eigenvalue weighted by atomic mass is 32.2. The van der Waals surface area contributed by atoms with Gasteiger partial charge in [-0.1, -0.05) is 0 Å². The van der Waals surface area contributed by atoms with E-state index in [0.717, 1.165) is 54.3 Å². The number of nitrogens with one attached hydrogen (secondary N) is 2. The Kier molecular flexibility index (Phi) is 6.73. The Morgan fingerprint density at radius 2 is 1.91 bits per heavy atom. The van der Waals surface area contributed by atoms with Crippen LogP contribution in [0.1, 0.15) is 36.6 Å². The lowest BCUT2D eigenvalue weighted by Gasteiger charge is -2.27. The van der Waals surface area contributed by atoms with Gasteiger partial charge in [-0.25, -0.2) is 27.8 Å². The van der Waals surface area contributed by atoms with Crippen molar-refractivity contribution < 1.29 is 12.8 Å². The van der Waals surface area contributed by atoms with Crippen molar-refractivity contribution >= 4 is 33.0 Å². The number of aromatic nitrogens is 3. The van der Waals surface area contributed by atoms with Crippen molar-refractivity contribution in [3.8, 4) is 21.8 Å². The summed E-state index contributed by atoms with van der Waals surface area (Å²) in [7, 11) is -1.51. The van der Waals surface area contributed by atoms with E-state index in [2.05, 4.69) is 27.0 Å². The van der Waals surface area contributed by atoms with Crippen LogP contribution in [0.5, 0.6) is 0 Å². The number of halogens is 1. The molecular formula is C24H29FN6O2S2. The second-order valence-electron chi connectivity index (χ2n) is 9.47. The monoisotopic (exact) mass is 516 g/mol. The molecule has 1 aromatic carbocycles. The van der Waals surface area contributed by atoms with Crippen molar-refractivity contribution in [1.29, 1.82) is 0 Å². The highest BCUT2D eigenvalue weighted by molar-refractivity contribution is 7.92. The van der Waals surface area contributed by atoms with Gasteiger partial charge < -0.3 is 10.2 Å². The van der Waals surface area contributed by atoms with Gasteiger partial charge in [-0.05, 0) is 76.0 Å². The summed E-state index contributed by atoms with van der Waals surface area (Å²) in [5, 5.41) is 4.35. The van der Waals surface area contributed by atoms with Crippen LogP contribution in [-0.4, -0.2) is 61.2 Å². The van der Waals surface area contributed by atoms with E-state index in [-0.39, 0.29) is 5.69 Å². The topological polar surface area (TPSA) is 100 Å². The Balaban J connectivity index is 1.55. The van der Waals surface area contributed by atoms with E-state index in [1.54, 1.807) is 23.6 Å². The average molecular weight is 517 g/mol. The first-order valence-corrected chi connectivity index (χ1v) is 14.5. The number of benzene rings is 1. The minimum atomic E-state index is -3.63. The number of anilines is 2. The molecule has 1 saturated carbocycles. The lowest BCUT2D eigenvalue weighted by atomic mass is 9.98. The molecule has 5 rings (SSSR count). The molecule has 186 valence electrons. The molecule has 1 aliphatic carbocycles. The fourth-order valence-corrected chi connectivity index (χ4v) is 6.00. The normalized spacial score (nSPS) is 17.5. The highest BCUT2D eigenvalue weighted by Crippen LogP contribution is 2.42. The van der Waals surface area contributed by atoms with Crippen LogP contribution in [0.15, 0.2) is 30.5 Å². The van der Waals surface area contributed by atoms with Gasteiger partial charge in [-0.3, -0.25) is 4.72 Å². The number of hydrogen-bond acceptors (Lipinski definition) is 8. The molecule has 0 spiro atoms. The number of nitrogens with zero attached hydrogens (tertiary/aromatic N) is 4. The van der Waals surface area contributed by atoms with Crippen LogP contribution >= 0.6 is 11.3 Å². The Labute approximate surface area is 209 Å². The minimum absolute atomic E-state index is 0.0979. The molecule has 3 heterocycles. The predicted molar refractivity (Wildman–Crippen MR) is 138 cm³/mol. The summed E-state index contributed by atoms with van der Waals surface area (Å²) in [6.45, 7) is 2.88. The summed E-state index contributed by atoms with van der Waals surface area (Å²) in [6, 6.07) is 6.26. The predicted octanol–water partition coefficient (Wildman–Crippen LogP) is 4.41.